The monoisotopic (exact) mass is 276 g/mol. The van der Waals surface area contributed by atoms with Gasteiger partial charge in [-0.2, -0.15) is 0 Å². The molecule has 0 atom stereocenters. The van der Waals surface area contributed by atoms with Crippen LogP contribution in [-0.2, 0) is 6.42 Å². The molecule has 15 heavy (non-hydrogen) atoms. The molecule has 1 aliphatic heterocycles. The number of fused-ring (bicyclic) bond motifs is 2. The van der Waals surface area contributed by atoms with Gasteiger partial charge in [-0.3, -0.25) is 0 Å². The molecule has 0 saturated carbocycles. The summed E-state index contributed by atoms with van der Waals surface area (Å²) in [4.78, 5) is 0. The van der Waals surface area contributed by atoms with Gasteiger partial charge in [-0.15, -0.1) is 0 Å². The maximum atomic E-state index is 6.62. The van der Waals surface area contributed by atoms with Gasteiger partial charge in [0.05, 0.1) is 0 Å². The average molecular weight is 277 g/mol. The molecule has 0 radical (unpaired) electrons. The summed E-state index contributed by atoms with van der Waals surface area (Å²) in [5.41, 5.74) is 2.84. The molecule has 1 heterocycles. The summed E-state index contributed by atoms with van der Waals surface area (Å²) in [5, 5.41) is 0. The summed E-state index contributed by atoms with van der Waals surface area (Å²) in [5.74, 6) is 0. The first-order valence-corrected chi connectivity index (χ1v) is 9.32. The Kier molecular flexibility index (Phi) is 2.35. The van der Waals surface area contributed by atoms with E-state index in [4.69, 9.17) is 9.95 Å². The van der Waals surface area contributed by atoms with Crippen LogP contribution in [0.3, 0.4) is 0 Å². The summed E-state index contributed by atoms with van der Waals surface area (Å²) < 4.78 is 2.82. The third-order valence-electron chi connectivity index (χ3n) is 2.79. The third-order valence-corrected chi connectivity index (χ3v) is 8.29. The van der Waals surface area contributed by atoms with Gasteiger partial charge in [0.15, 0.2) is 0 Å². The van der Waals surface area contributed by atoms with Crippen molar-refractivity contribution in [2.45, 2.75) is 6.42 Å². The summed E-state index contributed by atoms with van der Waals surface area (Å²) in [6.07, 6.45) is 1.05. The first kappa shape index (κ1) is 9.51. The fourth-order valence-electron chi connectivity index (χ4n) is 2.04. The first-order chi connectivity index (χ1) is 7.36. The van der Waals surface area contributed by atoms with Crippen LogP contribution in [0.2, 0.25) is 0 Å². The van der Waals surface area contributed by atoms with Crippen LogP contribution in [0, 0.1) is 0 Å². The quantitative estimate of drug-likeness (QED) is 0.645. The van der Waals surface area contributed by atoms with Gasteiger partial charge in [0, 0.05) is 0 Å². The van der Waals surface area contributed by atoms with Crippen LogP contribution in [0.25, 0.3) is 0 Å². The zero-order valence-corrected chi connectivity index (χ0v) is 10.8. The molecule has 74 valence electrons. The van der Waals surface area contributed by atoms with Gasteiger partial charge in [-0.1, -0.05) is 0 Å². The Hall–Kier alpha value is -0.712. The van der Waals surface area contributed by atoms with Gasteiger partial charge in [0.2, 0.25) is 0 Å². The van der Waals surface area contributed by atoms with E-state index in [2.05, 4.69) is 48.5 Å². The Bertz CT molecular complexity index is 462. The van der Waals surface area contributed by atoms with E-state index in [9.17, 15) is 0 Å². The SMILES string of the molecule is Cl[As]1c2ccccc2Cc2ccccc21. The van der Waals surface area contributed by atoms with E-state index in [-0.39, 0.29) is 0 Å². The summed E-state index contributed by atoms with van der Waals surface area (Å²) >= 11 is -1.49. The van der Waals surface area contributed by atoms with Crippen molar-refractivity contribution in [2.75, 3.05) is 0 Å². The van der Waals surface area contributed by atoms with Crippen molar-refractivity contribution in [1.29, 1.82) is 0 Å². The molecule has 3 rings (SSSR count). The van der Waals surface area contributed by atoms with Crippen LogP contribution in [0.1, 0.15) is 11.1 Å². The van der Waals surface area contributed by atoms with E-state index in [1.54, 1.807) is 0 Å². The van der Waals surface area contributed by atoms with E-state index in [0.717, 1.165) is 6.42 Å². The van der Waals surface area contributed by atoms with E-state index < -0.39 is 13.7 Å². The van der Waals surface area contributed by atoms with Crippen LogP contribution >= 0.6 is 9.95 Å². The van der Waals surface area contributed by atoms with Gasteiger partial charge >= 0.3 is 98.4 Å². The van der Waals surface area contributed by atoms with Crippen LogP contribution in [-0.4, -0.2) is 13.7 Å². The van der Waals surface area contributed by atoms with Gasteiger partial charge in [0.25, 0.3) is 0 Å². The Morgan fingerprint density at radius 2 is 1.27 bits per heavy atom. The number of hydrogen-bond donors (Lipinski definition) is 0. The fourth-order valence-corrected chi connectivity index (χ4v) is 6.91. The fraction of sp³-hybridized carbons (Fsp3) is 0.0769. The number of benzene rings is 2. The standard InChI is InChI=1S/C13H10AsCl/c15-14-12-7-3-1-5-10(12)9-11-6-2-4-8-13(11)14/h1-8H,9H2. The first-order valence-electron chi connectivity index (χ1n) is 4.98. The minimum absolute atomic E-state index is 1.05. The molecule has 0 amide bonds. The summed E-state index contributed by atoms with van der Waals surface area (Å²) in [6, 6.07) is 17.2. The van der Waals surface area contributed by atoms with Crippen molar-refractivity contribution in [3.63, 3.8) is 0 Å². The Labute approximate surface area is 98.3 Å². The molecule has 2 heteroatoms. The number of halogens is 1. The summed E-state index contributed by atoms with van der Waals surface area (Å²) in [7, 11) is 6.62. The second-order valence-electron chi connectivity index (χ2n) is 3.72. The van der Waals surface area contributed by atoms with Gasteiger partial charge in [0.1, 0.15) is 0 Å². The average Bonchev–Trinajstić information content (AvgIpc) is 2.30. The Morgan fingerprint density at radius 3 is 1.80 bits per heavy atom. The normalized spacial score (nSPS) is 14.5. The number of rotatable bonds is 0. The molecular formula is C13H10AsCl. The molecule has 1 aliphatic rings. The van der Waals surface area contributed by atoms with E-state index in [0.29, 0.717) is 0 Å². The van der Waals surface area contributed by atoms with Crippen molar-refractivity contribution < 1.29 is 0 Å². The molecule has 2 aromatic carbocycles. The molecule has 0 aliphatic carbocycles. The van der Waals surface area contributed by atoms with Gasteiger partial charge < -0.3 is 0 Å². The van der Waals surface area contributed by atoms with Crippen molar-refractivity contribution in [2.24, 2.45) is 0 Å². The zero-order valence-electron chi connectivity index (χ0n) is 8.15. The molecule has 0 nitrogen and oxygen atoms in total. The molecule has 0 aromatic heterocycles. The van der Waals surface area contributed by atoms with Crippen molar-refractivity contribution >= 4 is 32.4 Å². The van der Waals surface area contributed by atoms with Crippen LogP contribution < -0.4 is 8.70 Å². The maximum absolute atomic E-state index is 6.62. The van der Waals surface area contributed by atoms with E-state index >= 15 is 0 Å². The molecule has 2 aromatic rings. The molecule has 0 spiro atoms. The second kappa shape index (κ2) is 3.70. The molecule has 0 N–H and O–H groups in total. The Balaban J connectivity index is 2.20. The molecular weight excluding hydrogens is 267 g/mol. The molecule has 0 saturated heterocycles. The molecule has 0 fully saturated rings. The topological polar surface area (TPSA) is 0 Å². The second-order valence-corrected chi connectivity index (χ2v) is 8.67. The summed E-state index contributed by atoms with van der Waals surface area (Å²) in [6.45, 7) is 0. The van der Waals surface area contributed by atoms with Crippen LogP contribution in [0.4, 0.5) is 0 Å². The van der Waals surface area contributed by atoms with Crippen LogP contribution in [0.5, 0.6) is 0 Å². The predicted molar refractivity (Wildman–Crippen MR) is 66.6 cm³/mol. The molecule has 0 bridgehead atoms. The van der Waals surface area contributed by atoms with Crippen LogP contribution in [0.15, 0.2) is 48.5 Å². The predicted octanol–water partition coefficient (Wildman–Crippen LogP) is 1.94. The van der Waals surface area contributed by atoms with Crippen molar-refractivity contribution in [3.8, 4) is 0 Å². The minimum atomic E-state index is -1.49. The molecule has 0 unspecified atom stereocenters. The van der Waals surface area contributed by atoms with Gasteiger partial charge in [-0.25, -0.2) is 0 Å². The number of hydrogen-bond acceptors (Lipinski definition) is 0. The van der Waals surface area contributed by atoms with Gasteiger partial charge in [-0.05, 0) is 0 Å². The van der Waals surface area contributed by atoms with Crippen molar-refractivity contribution in [3.05, 3.63) is 59.7 Å². The van der Waals surface area contributed by atoms with Crippen molar-refractivity contribution in [1.82, 2.24) is 0 Å². The Morgan fingerprint density at radius 1 is 0.800 bits per heavy atom. The zero-order chi connectivity index (χ0) is 10.3. The van der Waals surface area contributed by atoms with E-state index in [1.807, 2.05) is 0 Å². The van der Waals surface area contributed by atoms with E-state index in [1.165, 1.54) is 19.8 Å². The third kappa shape index (κ3) is 1.53.